The molecule has 3 aromatic rings. The number of tetrazole rings is 1. The number of carbonyl (C=O) groups is 1. The lowest BCUT2D eigenvalue weighted by atomic mass is 10.2. The zero-order valence-electron chi connectivity index (χ0n) is 14.2. The summed E-state index contributed by atoms with van der Waals surface area (Å²) in [5, 5.41) is 26.1. The van der Waals surface area contributed by atoms with Gasteiger partial charge in [0, 0.05) is 11.1 Å². The summed E-state index contributed by atoms with van der Waals surface area (Å²) >= 11 is 6.09. The first-order valence-electron chi connectivity index (χ1n) is 7.79. The lowest BCUT2D eigenvalue weighted by Crippen LogP contribution is -2.24. The van der Waals surface area contributed by atoms with Crippen LogP contribution in [0.1, 0.15) is 5.56 Å². The number of nitrogens with one attached hydrogen (secondary N) is 1. The molecule has 0 bridgehead atoms. The van der Waals surface area contributed by atoms with Crippen LogP contribution < -0.4 is 10.2 Å². The fraction of sp³-hybridized carbons (Fsp3) is 0.118. The second-order valence-electron chi connectivity index (χ2n) is 5.31. The van der Waals surface area contributed by atoms with E-state index in [1.807, 2.05) is 0 Å². The summed E-state index contributed by atoms with van der Waals surface area (Å²) in [4.78, 5) is 13.1. The van der Waals surface area contributed by atoms with E-state index in [-0.39, 0.29) is 12.3 Å². The average molecular weight is 387 g/mol. The summed E-state index contributed by atoms with van der Waals surface area (Å²) in [5.41, 5.74) is 3.35. The first-order valence-corrected chi connectivity index (χ1v) is 8.17. The number of carbonyl (C=O) groups excluding carboxylic acids is 1. The van der Waals surface area contributed by atoms with Crippen LogP contribution in [-0.4, -0.2) is 44.5 Å². The van der Waals surface area contributed by atoms with Crippen molar-refractivity contribution in [2.75, 3.05) is 7.11 Å². The van der Waals surface area contributed by atoms with E-state index in [1.54, 1.807) is 42.5 Å². The van der Waals surface area contributed by atoms with E-state index < -0.39 is 5.91 Å². The van der Waals surface area contributed by atoms with Crippen molar-refractivity contribution in [3.05, 3.63) is 53.1 Å². The van der Waals surface area contributed by atoms with E-state index in [0.29, 0.717) is 27.7 Å². The first-order chi connectivity index (χ1) is 13.1. The number of methoxy groups -OCH3 is 1. The molecule has 0 aliphatic heterocycles. The van der Waals surface area contributed by atoms with Crippen LogP contribution in [-0.2, 0) is 11.3 Å². The number of amides is 1. The molecule has 0 atom stereocenters. The number of phenolic OH excluding ortho intramolecular Hbond substituents is 1. The molecule has 3 rings (SSSR count). The molecule has 2 N–H and O–H groups in total. The van der Waals surface area contributed by atoms with Crippen molar-refractivity contribution in [3.8, 4) is 22.9 Å². The number of hydrazone groups is 1. The second-order valence-corrected chi connectivity index (χ2v) is 5.72. The molecule has 0 aliphatic carbocycles. The van der Waals surface area contributed by atoms with Crippen LogP contribution in [0.4, 0.5) is 0 Å². The zero-order valence-corrected chi connectivity index (χ0v) is 15.0. The lowest BCUT2D eigenvalue weighted by molar-refractivity contribution is -0.122. The minimum Gasteiger partial charge on any atom is -0.504 e. The minimum atomic E-state index is -0.461. The number of para-hydroxylation sites is 1. The number of aromatic hydroxyl groups is 1. The summed E-state index contributed by atoms with van der Waals surface area (Å²) in [6.45, 7) is -0.182. The molecular formula is C17H15ClN6O3. The van der Waals surface area contributed by atoms with Crippen LogP contribution in [0, 0.1) is 0 Å². The van der Waals surface area contributed by atoms with Gasteiger partial charge < -0.3 is 9.84 Å². The summed E-state index contributed by atoms with van der Waals surface area (Å²) < 4.78 is 5.00. The van der Waals surface area contributed by atoms with E-state index in [4.69, 9.17) is 16.3 Å². The monoisotopic (exact) mass is 386 g/mol. The highest BCUT2D eigenvalue weighted by molar-refractivity contribution is 6.33. The summed E-state index contributed by atoms with van der Waals surface area (Å²) in [6, 6.07) is 12.0. The standard InChI is InChI=1S/C17H15ClN6O3/c1-27-14-8-4-5-11(16(14)26)9-19-20-15(25)10-24-22-17(21-23-24)12-6-2-3-7-13(12)18/h2-9,26H,10H2,1H3,(H,20,25)/b19-9-. The van der Waals surface area contributed by atoms with E-state index >= 15 is 0 Å². The van der Waals surface area contributed by atoms with Gasteiger partial charge in [0.2, 0.25) is 5.82 Å². The van der Waals surface area contributed by atoms with Gasteiger partial charge in [-0.1, -0.05) is 29.8 Å². The number of rotatable bonds is 6. The summed E-state index contributed by atoms with van der Waals surface area (Å²) in [7, 11) is 1.44. The molecule has 0 unspecified atom stereocenters. The predicted molar refractivity (Wildman–Crippen MR) is 98.7 cm³/mol. The molecule has 0 aliphatic rings. The number of benzene rings is 2. The average Bonchev–Trinajstić information content (AvgIpc) is 3.11. The van der Waals surface area contributed by atoms with Crippen molar-refractivity contribution in [1.82, 2.24) is 25.6 Å². The van der Waals surface area contributed by atoms with E-state index in [1.165, 1.54) is 13.3 Å². The van der Waals surface area contributed by atoms with Crippen LogP contribution in [0.5, 0.6) is 11.5 Å². The maximum atomic E-state index is 12.0. The highest BCUT2D eigenvalue weighted by atomic mass is 35.5. The SMILES string of the molecule is COc1cccc(/C=N\NC(=O)Cn2nnc(-c3ccccc3Cl)n2)c1O. The lowest BCUT2D eigenvalue weighted by Gasteiger charge is -2.04. The van der Waals surface area contributed by atoms with Crippen LogP contribution in [0.3, 0.4) is 0 Å². The van der Waals surface area contributed by atoms with Gasteiger partial charge in [0.05, 0.1) is 18.3 Å². The van der Waals surface area contributed by atoms with Gasteiger partial charge >= 0.3 is 0 Å². The predicted octanol–water partition coefficient (Wildman–Crippen LogP) is 1.86. The Balaban J connectivity index is 1.61. The fourth-order valence-electron chi connectivity index (χ4n) is 2.21. The number of hydrogen-bond donors (Lipinski definition) is 2. The normalized spacial score (nSPS) is 10.9. The Kier molecular flexibility index (Phi) is 5.62. The van der Waals surface area contributed by atoms with Gasteiger partial charge in [-0.2, -0.15) is 9.90 Å². The van der Waals surface area contributed by atoms with Crippen LogP contribution in [0.25, 0.3) is 11.4 Å². The molecule has 1 aromatic heterocycles. The highest BCUT2D eigenvalue weighted by Crippen LogP contribution is 2.28. The number of phenols is 1. The zero-order chi connectivity index (χ0) is 19.2. The van der Waals surface area contributed by atoms with Crippen molar-refractivity contribution in [1.29, 1.82) is 0 Å². The molecule has 0 spiro atoms. The molecule has 0 saturated heterocycles. The second kappa shape index (κ2) is 8.28. The Morgan fingerprint density at radius 1 is 1.33 bits per heavy atom. The smallest absolute Gasteiger partial charge is 0.263 e. The van der Waals surface area contributed by atoms with E-state index in [0.717, 1.165) is 4.80 Å². The number of halogens is 1. The first kappa shape index (κ1) is 18.3. The molecule has 1 heterocycles. The van der Waals surface area contributed by atoms with Crippen LogP contribution >= 0.6 is 11.6 Å². The third-order valence-corrected chi connectivity index (χ3v) is 3.83. The molecule has 10 heteroatoms. The number of hydrogen-bond acceptors (Lipinski definition) is 7. The van der Waals surface area contributed by atoms with Gasteiger partial charge in [0.25, 0.3) is 5.91 Å². The van der Waals surface area contributed by atoms with Gasteiger partial charge in [0.15, 0.2) is 11.5 Å². The Bertz CT molecular complexity index is 988. The third kappa shape index (κ3) is 4.39. The summed E-state index contributed by atoms with van der Waals surface area (Å²) in [5.74, 6) is 0.0967. The maximum absolute atomic E-state index is 12.0. The van der Waals surface area contributed by atoms with Crippen molar-refractivity contribution >= 4 is 23.7 Å². The summed E-state index contributed by atoms with van der Waals surface area (Å²) in [6.07, 6.45) is 1.31. The van der Waals surface area contributed by atoms with Crippen LogP contribution in [0.15, 0.2) is 47.6 Å². The van der Waals surface area contributed by atoms with E-state index in [9.17, 15) is 9.90 Å². The largest absolute Gasteiger partial charge is 0.504 e. The van der Waals surface area contributed by atoms with Gasteiger partial charge in [0.1, 0.15) is 6.54 Å². The van der Waals surface area contributed by atoms with Crippen molar-refractivity contribution in [2.24, 2.45) is 5.10 Å². The third-order valence-electron chi connectivity index (χ3n) is 3.50. The highest BCUT2D eigenvalue weighted by Gasteiger charge is 2.11. The molecule has 2 aromatic carbocycles. The van der Waals surface area contributed by atoms with Gasteiger partial charge in [-0.25, -0.2) is 5.43 Å². The molecule has 138 valence electrons. The fourth-order valence-corrected chi connectivity index (χ4v) is 2.43. The quantitative estimate of drug-likeness (QED) is 0.493. The maximum Gasteiger partial charge on any atom is 0.263 e. The number of aromatic nitrogens is 4. The molecule has 9 nitrogen and oxygen atoms in total. The van der Waals surface area contributed by atoms with Crippen LogP contribution in [0.2, 0.25) is 5.02 Å². The molecule has 0 saturated carbocycles. The van der Waals surface area contributed by atoms with Crippen molar-refractivity contribution in [3.63, 3.8) is 0 Å². The van der Waals surface area contributed by atoms with Gasteiger partial charge in [-0.15, -0.1) is 10.2 Å². The number of ether oxygens (including phenoxy) is 1. The molecule has 27 heavy (non-hydrogen) atoms. The molecular weight excluding hydrogens is 372 g/mol. The molecule has 0 radical (unpaired) electrons. The Labute approximate surface area is 159 Å². The van der Waals surface area contributed by atoms with Gasteiger partial charge in [-0.05, 0) is 29.5 Å². The Hall–Kier alpha value is -3.46. The van der Waals surface area contributed by atoms with E-state index in [2.05, 4.69) is 25.9 Å². The number of nitrogens with zero attached hydrogens (tertiary/aromatic N) is 5. The molecule has 0 fully saturated rings. The minimum absolute atomic E-state index is 0.0691. The molecule has 1 amide bonds. The van der Waals surface area contributed by atoms with Crippen molar-refractivity contribution < 1.29 is 14.6 Å². The Morgan fingerprint density at radius 3 is 2.93 bits per heavy atom. The topological polar surface area (TPSA) is 115 Å². The van der Waals surface area contributed by atoms with Crippen molar-refractivity contribution in [2.45, 2.75) is 6.54 Å². The Morgan fingerprint density at radius 2 is 2.15 bits per heavy atom. The van der Waals surface area contributed by atoms with Gasteiger partial charge in [-0.3, -0.25) is 4.79 Å².